The smallest absolute Gasteiger partial charge is 0.145 e. The summed E-state index contributed by atoms with van der Waals surface area (Å²) < 4.78 is 14.9. The predicted molar refractivity (Wildman–Crippen MR) is 376 cm³/mol. The molecule has 1 spiro atoms. The Hall–Kier alpha value is -9.64. The molecule has 2 heterocycles. The molecular formula is C85H74N2O2. The predicted octanol–water partition coefficient (Wildman–Crippen LogP) is 24.3. The fourth-order valence-corrected chi connectivity index (χ4v) is 15.1. The minimum absolute atomic E-state index is 0.0385. The van der Waals surface area contributed by atoms with Crippen molar-refractivity contribution in [1.82, 2.24) is 0 Å². The van der Waals surface area contributed by atoms with E-state index in [2.05, 4.69) is 323 Å². The fourth-order valence-electron chi connectivity index (χ4n) is 15.1. The molecule has 89 heavy (non-hydrogen) atoms. The third kappa shape index (κ3) is 8.18. The Morgan fingerprint density at radius 2 is 0.618 bits per heavy atom. The standard InChI is InChI=1S/C85H74N2O2/c1-81(2,3)51-29-37-55(38-30-51)86(56-39-31-52(32-40-56)82(4,5)6)71-49-70-78(77-65(71)47-45-64-62-24-16-20-28-74(62)89-80(64)77)75-66-48-46-63-61-23-15-19-27-73(61)88-79(63)76(66)72(50-69(75)85(70)67-25-17-13-21-59(67)60-22-14-18-26-68(60)85)87(57-41-33-53(34-42-57)83(7,8)9)58-43-35-54(36-44-58)84(10,11)12/h13-50H,1-12H3. The topological polar surface area (TPSA) is 32.8 Å². The van der Waals surface area contributed by atoms with Crippen LogP contribution >= 0.6 is 0 Å². The van der Waals surface area contributed by atoms with Gasteiger partial charge >= 0.3 is 0 Å². The third-order valence-corrected chi connectivity index (χ3v) is 19.7. The molecule has 0 atom stereocenters. The molecular weight excluding hydrogens is 1080 g/mol. The highest BCUT2D eigenvalue weighted by atomic mass is 16.3. The van der Waals surface area contributed by atoms with E-state index in [9.17, 15) is 0 Å². The molecule has 0 saturated carbocycles. The maximum atomic E-state index is 7.47. The summed E-state index contributed by atoms with van der Waals surface area (Å²) >= 11 is 0. The van der Waals surface area contributed by atoms with Crippen molar-refractivity contribution < 1.29 is 8.83 Å². The lowest BCUT2D eigenvalue weighted by Gasteiger charge is -2.34. The number of nitrogens with zero attached hydrogens (tertiary/aromatic N) is 2. The minimum Gasteiger partial charge on any atom is -0.455 e. The number of benzene rings is 12. The van der Waals surface area contributed by atoms with Gasteiger partial charge in [0.1, 0.15) is 22.3 Å². The van der Waals surface area contributed by atoms with Crippen molar-refractivity contribution in [3.8, 4) is 22.3 Å². The summed E-state index contributed by atoms with van der Waals surface area (Å²) in [5.41, 5.74) is 23.7. The largest absolute Gasteiger partial charge is 0.455 e. The number of para-hydroxylation sites is 2. The first-order valence-corrected chi connectivity index (χ1v) is 31.7. The lowest BCUT2D eigenvalue weighted by molar-refractivity contribution is 0.590. The summed E-state index contributed by atoms with van der Waals surface area (Å²) in [6.07, 6.45) is 0. The summed E-state index contributed by atoms with van der Waals surface area (Å²) in [7, 11) is 0. The van der Waals surface area contributed by atoms with Gasteiger partial charge in [-0.25, -0.2) is 0 Å². The van der Waals surface area contributed by atoms with Crippen molar-refractivity contribution in [3.05, 3.63) is 275 Å². The first-order chi connectivity index (χ1) is 42.7. The van der Waals surface area contributed by atoms with E-state index in [0.29, 0.717) is 0 Å². The van der Waals surface area contributed by atoms with Crippen LogP contribution in [0.2, 0.25) is 0 Å². The Balaban J connectivity index is 1.12. The van der Waals surface area contributed by atoms with Crippen molar-refractivity contribution in [2.24, 2.45) is 0 Å². The van der Waals surface area contributed by atoms with Crippen LogP contribution in [0.5, 0.6) is 0 Å². The molecule has 0 N–H and O–H groups in total. The van der Waals surface area contributed by atoms with Crippen molar-refractivity contribution in [1.29, 1.82) is 0 Å². The lowest BCUT2D eigenvalue weighted by atomic mass is 9.70. The Morgan fingerprint density at radius 1 is 0.281 bits per heavy atom. The second-order valence-electron chi connectivity index (χ2n) is 29.3. The molecule has 0 radical (unpaired) electrons. The van der Waals surface area contributed by atoms with Gasteiger partial charge < -0.3 is 18.6 Å². The first-order valence-electron chi connectivity index (χ1n) is 31.7. The maximum absolute atomic E-state index is 7.47. The first kappa shape index (κ1) is 54.7. The zero-order valence-electron chi connectivity index (χ0n) is 53.2. The van der Waals surface area contributed by atoms with Gasteiger partial charge in [-0.3, -0.25) is 0 Å². The van der Waals surface area contributed by atoms with Gasteiger partial charge in [0.15, 0.2) is 0 Å². The molecule has 12 aromatic carbocycles. The highest BCUT2D eigenvalue weighted by Gasteiger charge is 2.54. The quantitative estimate of drug-likeness (QED) is 0.166. The van der Waals surface area contributed by atoms with Gasteiger partial charge in [-0.1, -0.05) is 229 Å². The Bertz CT molecular complexity index is 5040. The van der Waals surface area contributed by atoms with Gasteiger partial charge in [0, 0.05) is 60.5 Å². The van der Waals surface area contributed by atoms with Gasteiger partial charge in [-0.05, 0) is 179 Å². The molecule has 0 amide bonds. The van der Waals surface area contributed by atoms with Crippen LogP contribution in [0.15, 0.2) is 239 Å². The van der Waals surface area contributed by atoms with E-state index in [1.807, 2.05) is 0 Å². The van der Waals surface area contributed by atoms with Crippen LogP contribution in [0.3, 0.4) is 0 Å². The lowest BCUT2D eigenvalue weighted by Crippen LogP contribution is -2.27. The number of anilines is 6. The molecule has 16 rings (SSSR count). The molecule has 4 nitrogen and oxygen atoms in total. The van der Waals surface area contributed by atoms with Crippen molar-refractivity contribution in [2.45, 2.75) is 110 Å². The summed E-state index contributed by atoms with van der Waals surface area (Å²) in [4.78, 5) is 5.04. The van der Waals surface area contributed by atoms with Crippen LogP contribution in [-0.2, 0) is 27.1 Å². The zero-order chi connectivity index (χ0) is 61.3. The number of hydrogen-bond donors (Lipinski definition) is 0. The van der Waals surface area contributed by atoms with E-state index in [1.165, 1.54) is 66.8 Å². The van der Waals surface area contributed by atoms with Gasteiger partial charge in [0.2, 0.25) is 0 Å². The van der Waals surface area contributed by atoms with Crippen molar-refractivity contribution in [3.63, 3.8) is 0 Å². The normalized spacial score (nSPS) is 13.7. The molecule has 4 heteroatoms. The number of hydrogen-bond acceptors (Lipinski definition) is 4. The van der Waals surface area contributed by atoms with Gasteiger partial charge in [-0.2, -0.15) is 0 Å². The minimum atomic E-state index is -0.837. The van der Waals surface area contributed by atoms with Crippen molar-refractivity contribution >= 4 is 99.5 Å². The van der Waals surface area contributed by atoms with Crippen LogP contribution in [-0.4, -0.2) is 0 Å². The van der Waals surface area contributed by atoms with E-state index in [4.69, 9.17) is 8.83 Å². The van der Waals surface area contributed by atoms with Crippen LogP contribution in [0, 0.1) is 0 Å². The molecule has 2 aliphatic carbocycles. The molecule has 2 aromatic heterocycles. The summed E-state index contributed by atoms with van der Waals surface area (Å²) in [5, 5.41) is 8.69. The SMILES string of the molecule is CC(C)(C)c1ccc(N(c2ccc(C(C)(C)C)cc2)c2cc3c(c4c2ccc2c5ccccc5oc24)-c2c(cc(N(c4ccc(C(C)(C)C)cc4)c4ccc(C(C)(C)C)cc4)c4c2ccc2c5ccccc5oc24)C32c3ccccc3-c3ccccc32)cc1. The van der Waals surface area contributed by atoms with Crippen LogP contribution in [0.25, 0.3) is 87.7 Å². The van der Waals surface area contributed by atoms with E-state index >= 15 is 0 Å². The second-order valence-corrected chi connectivity index (χ2v) is 29.3. The second kappa shape index (κ2) is 19.2. The van der Waals surface area contributed by atoms with E-state index in [-0.39, 0.29) is 21.7 Å². The van der Waals surface area contributed by atoms with Crippen molar-refractivity contribution in [2.75, 3.05) is 9.80 Å². The summed E-state index contributed by atoms with van der Waals surface area (Å²) in [6.45, 7) is 27.6. The number of rotatable bonds is 6. The molecule has 2 aliphatic rings. The van der Waals surface area contributed by atoms with Crippen LogP contribution in [0.1, 0.15) is 128 Å². The summed E-state index contributed by atoms with van der Waals surface area (Å²) in [5.74, 6) is 0. The number of fused-ring (bicyclic) bond motifs is 22. The Kier molecular flexibility index (Phi) is 11.8. The zero-order valence-corrected chi connectivity index (χ0v) is 53.2. The molecule has 14 aromatic rings. The highest BCUT2D eigenvalue weighted by molar-refractivity contribution is 6.29. The molecule has 436 valence electrons. The molecule has 0 bridgehead atoms. The van der Waals surface area contributed by atoms with E-state index in [1.54, 1.807) is 0 Å². The van der Waals surface area contributed by atoms with E-state index < -0.39 is 5.41 Å². The molecule has 0 fully saturated rings. The van der Waals surface area contributed by atoms with Gasteiger partial charge in [0.05, 0.1) is 16.8 Å². The Morgan fingerprint density at radius 3 is 1.04 bits per heavy atom. The average molecular weight is 1160 g/mol. The van der Waals surface area contributed by atoms with Crippen LogP contribution < -0.4 is 9.80 Å². The third-order valence-electron chi connectivity index (χ3n) is 19.7. The number of furan rings is 2. The van der Waals surface area contributed by atoms with E-state index in [0.717, 1.165) is 99.5 Å². The average Bonchev–Trinajstić information content (AvgIpc) is 1.49. The fraction of sp³-hybridized carbons (Fsp3) is 0.200. The van der Waals surface area contributed by atoms with Crippen LogP contribution in [0.4, 0.5) is 34.1 Å². The summed E-state index contributed by atoms with van der Waals surface area (Å²) in [6, 6.07) is 87.4. The molecule has 0 unspecified atom stereocenters. The molecule has 0 aliphatic heterocycles. The Labute approximate surface area is 522 Å². The highest BCUT2D eigenvalue weighted by Crippen LogP contribution is 2.68. The molecule has 0 saturated heterocycles. The van der Waals surface area contributed by atoms with Gasteiger partial charge in [-0.15, -0.1) is 0 Å². The van der Waals surface area contributed by atoms with Gasteiger partial charge in [0.25, 0.3) is 0 Å². The monoisotopic (exact) mass is 1150 g/mol. The maximum Gasteiger partial charge on any atom is 0.145 e.